The van der Waals surface area contributed by atoms with Gasteiger partial charge in [0, 0.05) is 23.2 Å². The van der Waals surface area contributed by atoms with Gasteiger partial charge in [-0.2, -0.15) is 0 Å². The SMILES string of the molecule is CC(C)NCCCOc1cc(Cl)ccc1[N+](=O)[O-]. The Labute approximate surface area is 111 Å². The average molecular weight is 273 g/mol. The van der Waals surface area contributed by atoms with Crippen LogP contribution in [0.3, 0.4) is 0 Å². The summed E-state index contributed by atoms with van der Waals surface area (Å²) in [7, 11) is 0. The smallest absolute Gasteiger partial charge is 0.311 e. The first-order valence-electron chi connectivity index (χ1n) is 5.81. The van der Waals surface area contributed by atoms with Gasteiger partial charge in [0.15, 0.2) is 5.75 Å². The van der Waals surface area contributed by atoms with Crippen LogP contribution in [0.4, 0.5) is 5.69 Å². The van der Waals surface area contributed by atoms with Gasteiger partial charge in [-0.05, 0) is 19.0 Å². The van der Waals surface area contributed by atoms with E-state index in [9.17, 15) is 10.1 Å². The second kappa shape index (κ2) is 7.18. The predicted octanol–water partition coefficient (Wildman–Crippen LogP) is 3.02. The normalized spacial score (nSPS) is 10.7. The van der Waals surface area contributed by atoms with Crippen LogP contribution in [0.5, 0.6) is 5.75 Å². The quantitative estimate of drug-likeness (QED) is 0.471. The number of nitro benzene ring substituents is 1. The van der Waals surface area contributed by atoms with Crippen LogP contribution in [0.2, 0.25) is 5.02 Å². The van der Waals surface area contributed by atoms with E-state index in [2.05, 4.69) is 19.2 Å². The van der Waals surface area contributed by atoms with Crippen LogP contribution in [0.25, 0.3) is 0 Å². The van der Waals surface area contributed by atoms with E-state index < -0.39 is 4.92 Å². The van der Waals surface area contributed by atoms with Gasteiger partial charge in [-0.15, -0.1) is 0 Å². The van der Waals surface area contributed by atoms with Crippen molar-refractivity contribution in [3.05, 3.63) is 33.3 Å². The highest BCUT2D eigenvalue weighted by Gasteiger charge is 2.14. The monoisotopic (exact) mass is 272 g/mol. The van der Waals surface area contributed by atoms with E-state index in [4.69, 9.17) is 16.3 Å². The van der Waals surface area contributed by atoms with Crippen LogP contribution in [-0.2, 0) is 0 Å². The van der Waals surface area contributed by atoms with Crippen molar-refractivity contribution >= 4 is 17.3 Å². The fourth-order valence-corrected chi connectivity index (χ4v) is 1.56. The van der Waals surface area contributed by atoms with E-state index in [0.29, 0.717) is 17.7 Å². The van der Waals surface area contributed by atoms with E-state index >= 15 is 0 Å². The highest BCUT2D eigenvalue weighted by molar-refractivity contribution is 6.30. The fraction of sp³-hybridized carbons (Fsp3) is 0.500. The summed E-state index contributed by atoms with van der Waals surface area (Å²) < 4.78 is 5.39. The Morgan fingerprint density at radius 2 is 2.22 bits per heavy atom. The molecule has 6 heteroatoms. The molecule has 0 aliphatic heterocycles. The molecule has 0 bridgehead atoms. The molecule has 0 saturated carbocycles. The van der Waals surface area contributed by atoms with E-state index in [0.717, 1.165) is 13.0 Å². The molecule has 0 aliphatic carbocycles. The van der Waals surface area contributed by atoms with E-state index in [1.165, 1.54) is 18.2 Å². The topological polar surface area (TPSA) is 64.4 Å². The third-order valence-electron chi connectivity index (χ3n) is 2.25. The molecule has 0 saturated heterocycles. The van der Waals surface area contributed by atoms with Crippen molar-refractivity contribution in [3.63, 3.8) is 0 Å². The number of ether oxygens (including phenoxy) is 1. The largest absolute Gasteiger partial charge is 0.487 e. The number of hydrogen-bond acceptors (Lipinski definition) is 4. The summed E-state index contributed by atoms with van der Waals surface area (Å²) in [5.74, 6) is 0.219. The third kappa shape index (κ3) is 4.89. The first-order valence-corrected chi connectivity index (χ1v) is 6.18. The molecule has 0 aliphatic rings. The molecule has 0 unspecified atom stereocenters. The Kier molecular flexibility index (Phi) is 5.88. The molecule has 0 heterocycles. The molecule has 1 aromatic rings. The minimum absolute atomic E-state index is 0.0591. The number of hydrogen-bond donors (Lipinski definition) is 1. The molecule has 0 spiro atoms. The molecule has 0 fully saturated rings. The van der Waals surface area contributed by atoms with E-state index in [1.807, 2.05) is 0 Å². The maximum atomic E-state index is 10.8. The molecule has 0 atom stereocenters. The molecule has 0 amide bonds. The summed E-state index contributed by atoms with van der Waals surface area (Å²) in [4.78, 5) is 10.3. The highest BCUT2D eigenvalue weighted by Crippen LogP contribution is 2.29. The first-order chi connectivity index (χ1) is 8.50. The maximum absolute atomic E-state index is 10.8. The van der Waals surface area contributed by atoms with E-state index in [1.54, 1.807) is 0 Å². The number of benzene rings is 1. The summed E-state index contributed by atoms with van der Waals surface area (Å²) in [6.45, 7) is 5.35. The molecule has 100 valence electrons. The molecule has 5 nitrogen and oxygen atoms in total. The number of nitro groups is 1. The molecule has 1 rings (SSSR count). The molecule has 1 aromatic carbocycles. The molecule has 1 N–H and O–H groups in total. The number of nitrogens with zero attached hydrogens (tertiary/aromatic N) is 1. The van der Waals surface area contributed by atoms with Crippen LogP contribution >= 0.6 is 11.6 Å². The Hall–Kier alpha value is -1.33. The van der Waals surface area contributed by atoms with Gasteiger partial charge in [0.2, 0.25) is 0 Å². The first kappa shape index (κ1) is 14.7. The third-order valence-corrected chi connectivity index (χ3v) is 2.48. The van der Waals surface area contributed by atoms with Gasteiger partial charge >= 0.3 is 5.69 Å². The average Bonchev–Trinajstić information content (AvgIpc) is 2.27. The lowest BCUT2D eigenvalue weighted by atomic mass is 10.3. The maximum Gasteiger partial charge on any atom is 0.311 e. The van der Waals surface area contributed by atoms with Crippen LogP contribution in [-0.4, -0.2) is 24.1 Å². The zero-order valence-corrected chi connectivity index (χ0v) is 11.2. The highest BCUT2D eigenvalue weighted by atomic mass is 35.5. The molecular formula is C12H17ClN2O3. The van der Waals surface area contributed by atoms with Crippen molar-refractivity contribution in [3.8, 4) is 5.75 Å². The lowest BCUT2D eigenvalue weighted by Gasteiger charge is -2.09. The van der Waals surface area contributed by atoms with Gasteiger partial charge in [0.05, 0.1) is 11.5 Å². The lowest BCUT2D eigenvalue weighted by molar-refractivity contribution is -0.385. The lowest BCUT2D eigenvalue weighted by Crippen LogP contribution is -2.24. The second-order valence-corrected chi connectivity index (χ2v) is 4.62. The van der Waals surface area contributed by atoms with Crippen LogP contribution in [0.15, 0.2) is 18.2 Å². The minimum atomic E-state index is -0.474. The summed E-state index contributed by atoms with van der Waals surface area (Å²) in [5.41, 5.74) is -0.0591. The standard InChI is InChI=1S/C12H17ClN2O3/c1-9(2)14-6-3-7-18-12-8-10(13)4-5-11(12)15(16)17/h4-5,8-9,14H,3,6-7H2,1-2H3. The minimum Gasteiger partial charge on any atom is -0.487 e. The summed E-state index contributed by atoms with van der Waals surface area (Å²) in [5, 5.41) is 14.4. The zero-order chi connectivity index (χ0) is 13.5. The van der Waals surface area contributed by atoms with Gasteiger partial charge < -0.3 is 10.1 Å². The number of nitrogens with one attached hydrogen (secondary N) is 1. The van der Waals surface area contributed by atoms with Crippen molar-refractivity contribution in [2.45, 2.75) is 26.3 Å². The summed E-state index contributed by atoms with van der Waals surface area (Å²) >= 11 is 5.79. The molecule has 0 radical (unpaired) electrons. The molecule has 0 aromatic heterocycles. The van der Waals surface area contributed by atoms with Gasteiger partial charge in [-0.3, -0.25) is 10.1 Å². The number of halogens is 1. The van der Waals surface area contributed by atoms with Crippen molar-refractivity contribution in [2.75, 3.05) is 13.2 Å². The van der Waals surface area contributed by atoms with Crippen molar-refractivity contribution in [1.29, 1.82) is 0 Å². The van der Waals surface area contributed by atoms with Gasteiger partial charge in [0.25, 0.3) is 0 Å². The van der Waals surface area contributed by atoms with Crippen molar-refractivity contribution < 1.29 is 9.66 Å². The Morgan fingerprint density at radius 3 is 2.83 bits per heavy atom. The van der Waals surface area contributed by atoms with Crippen LogP contribution in [0.1, 0.15) is 20.3 Å². The van der Waals surface area contributed by atoms with Gasteiger partial charge in [-0.1, -0.05) is 25.4 Å². The number of rotatable bonds is 7. The Bertz CT molecular complexity index is 410. The fourth-order valence-electron chi connectivity index (χ4n) is 1.40. The predicted molar refractivity (Wildman–Crippen MR) is 71.4 cm³/mol. The van der Waals surface area contributed by atoms with Crippen LogP contribution < -0.4 is 10.1 Å². The Morgan fingerprint density at radius 1 is 1.50 bits per heavy atom. The summed E-state index contributed by atoms with van der Waals surface area (Å²) in [6.07, 6.45) is 0.780. The van der Waals surface area contributed by atoms with Crippen LogP contribution in [0, 0.1) is 10.1 Å². The van der Waals surface area contributed by atoms with Crippen molar-refractivity contribution in [2.24, 2.45) is 0 Å². The van der Waals surface area contributed by atoms with Gasteiger partial charge in [-0.25, -0.2) is 0 Å². The van der Waals surface area contributed by atoms with Crippen molar-refractivity contribution in [1.82, 2.24) is 5.32 Å². The van der Waals surface area contributed by atoms with E-state index in [-0.39, 0.29) is 11.4 Å². The Balaban J connectivity index is 2.50. The molecule has 18 heavy (non-hydrogen) atoms. The summed E-state index contributed by atoms with van der Waals surface area (Å²) in [6, 6.07) is 4.72. The zero-order valence-electron chi connectivity index (χ0n) is 10.5. The second-order valence-electron chi connectivity index (χ2n) is 4.18. The molecular weight excluding hydrogens is 256 g/mol. The van der Waals surface area contributed by atoms with Gasteiger partial charge in [0.1, 0.15) is 0 Å².